The summed E-state index contributed by atoms with van der Waals surface area (Å²) in [6, 6.07) is -0.449. The summed E-state index contributed by atoms with van der Waals surface area (Å²) in [5.41, 5.74) is 0. The van der Waals surface area contributed by atoms with Crippen LogP contribution < -0.4 is 0 Å². The van der Waals surface area contributed by atoms with Crippen LogP contribution in [0, 0.1) is 5.92 Å². The maximum absolute atomic E-state index is 11.5. The summed E-state index contributed by atoms with van der Waals surface area (Å²) in [5, 5.41) is 8.81. The second-order valence-corrected chi connectivity index (χ2v) is 6.53. The minimum atomic E-state index is -3.33. The van der Waals surface area contributed by atoms with Crippen LogP contribution in [0.15, 0.2) is 0 Å². The van der Waals surface area contributed by atoms with Crippen LogP contribution in [0.3, 0.4) is 0 Å². The number of hydrogen-bond acceptors (Lipinski definition) is 3. The lowest BCUT2D eigenvalue weighted by Gasteiger charge is -2.21. The van der Waals surface area contributed by atoms with E-state index >= 15 is 0 Å². The molecule has 0 radical (unpaired) electrons. The van der Waals surface area contributed by atoms with E-state index in [1.807, 2.05) is 0 Å². The zero-order chi connectivity index (χ0) is 10.9. The Bertz CT molecular complexity index is 329. The molecule has 0 aromatic carbocycles. The SMILES string of the molecule is CC1C(C(=O)O)CCN1S(=O)(=O)CBr. The fourth-order valence-corrected chi connectivity index (χ4v) is 3.65. The van der Waals surface area contributed by atoms with Gasteiger partial charge in [0.15, 0.2) is 0 Å². The maximum Gasteiger partial charge on any atom is 0.308 e. The van der Waals surface area contributed by atoms with Crippen molar-refractivity contribution in [1.82, 2.24) is 4.31 Å². The smallest absolute Gasteiger partial charge is 0.308 e. The van der Waals surface area contributed by atoms with E-state index in [0.29, 0.717) is 13.0 Å². The Morgan fingerprint density at radius 3 is 2.57 bits per heavy atom. The molecule has 82 valence electrons. The molecule has 5 nitrogen and oxygen atoms in total. The third-order valence-corrected chi connectivity index (χ3v) is 5.75. The first kappa shape index (κ1) is 11.9. The molecular formula is C7H12BrNO4S. The monoisotopic (exact) mass is 285 g/mol. The van der Waals surface area contributed by atoms with Gasteiger partial charge in [-0.15, -0.1) is 0 Å². The van der Waals surface area contributed by atoms with Gasteiger partial charge in [0.05, 0.1) is 5.92 Å². The Morgan fingerprint density at radius 2 is 2.21 bits per heavy atom. The first-order valence-corrected chi connectivity index (χ1v) is 6.91. The molecule has 1 heterocycles. The Morgan fingerprint density at radius 1 is 1.64 bits per heavy atom. The number of carboxylic acids is 1. The van der Waals surface area contributed by atoms with Gasteiger partial charge >= 0.3 is 5.97 Å². The van der Waals surface area contributed by atoms with Crippen LogP contribution in [0.2, 0.25) is 0 Å². The number of carboxylic acid groups (broad SMARTS) is 1. The maximum atomic E-state index is 11.5. The Kier molecular flexibility index (Phi) is 3.54. The average Bonchev–Trinajstić information content (AvgIpc) is 2.47. The molecular weight excluding hydrogens is 274 g/mol. The number of rotatable bonds is 3. The summed E-state index contributed by atoms with van der Waals surface area (Å²) < 4.78 is 24.0. The summed E-state index contributed by atoms with van der Waals surface area (Å²) in [5.74, 6) is -1.51. The van der Waals surface area contributed by atoms with Crippen molar-refractivity contribution in [2.24, 2.45) is 5.92 Å². The van der Waals surface area contributed by atoms with Crippen molar-refractivity contribution in [3.05, 3.63) is 0 Å². The molecule has 0 spiro atoms. The standard InChI is InChI=1S/C7H12BrNO4S/c1-5-6(7(10)11)2-3-9(5)14(12,13)4-8/h5-6H,2-4H2,1H3,(H,10,11). The topological polar surface area (TPSA) is 74.7 Å². The quantitative estimate of drug-likeness (QED) is 0.765. The number of hydrogen-bond donors (Lipinski definition) is 1. The van der Waals surface area contributed by atoms with Crippen LogP contribution in [0.5, 0.6) is 0 Å². The number of halogens is 1. The predicted octanol–water partition coefficient (Wildman–Crippen LogP) is 0.464. The van der Waals surface area contributed by atoms with E-state index in [2.05, 4.69) is 15.9 Å². The minimum Gasteiger partial charge on any atom is -0.481 e. The number of nitrogens with zero attached hydrogens (tertiary/aromatic N) is 1. The summed E-state index contributed by atoms with van der Waals surface area (Å²) in [4.78, 5) is 10.7. The normalized spacial score (nSPS) is 29.3. The molecule has 1 fully saturated rings. The van der Waals surface area contributed by atoms with Crippen LogP contribution >= 0.6 is 15.9 Å². The number of carbonyl (C=O) groups is 1. The highest BCUT2D eigenvalue weighted by Gasteiger charge is 2.40. The van der Waals surface area contributed by atoms with Crippen LogP contribution in [0.25, 0.3) is 0 Å². The van der Waals surface area contributed by atoms with Gasteiger partial charge in [-0.25, -0.2) is 8.42 Å². The van der Waals surface area contributed by atoms with Gasteiger partial charge in [0.1, 0.15) is 4.66 Å². The summed E-state index contributed by atoms with van der Waals surface area (Å²) >= 11 is 2.89. The summed E-state index contributed by atoms with van der Waals surface area (Å²) in [6.07, 6.45) is 0.392. The zero-order valence-electron chi connectivity index (χ0n) is 7.68. The molecule has 0 aromatic rings. The van der Waals surface area contributed by atoms with Crippen LogP contribution in [-0.4, -0.2) is 41.0 Å². The minimum absolute atomic E-state index is 0.156. The van der Waals surface area contributed by atoms with Gasteiger partial charge in [-0.2, -0.15) is 4.31 Å². The lowest BCUT2D eigenvalue weighted by atomic mass is 10.0. The molecule has 0 aromatic heterocycles. The Hall–Kier alpha value is -0.140. The average molecular weight is 286 g/mol. The second kappa shape index (κ2) is 4.16. The second-order valence-electron chi connectivity index (χ2n) is 3.31. The molecule has 0 aliphatic carbocycles. The fourth-order valence-electron chi connectivity index (χ4n) is 1.70. The molecule has 7 heteroatoms. The molecule has 1 aliphatic heterocycles. The van der Waals surface area contributed by atoms with E-state index < -0.39 is 28.0 Å². The van der Waals surface area contributed by atoms with Gasteiger partial charge in [0, 0.05) is 12.6 Å². The highest BCUT2D eigenvalue weighted by atomic mass is 79.9. The van der Waals surface area contributed by atoms with Crippen LogP contribution in [-0.2, 0) is 14.8 Å². The molecule has 0 bridgehead atoms. The van der Waals surface area contributed by atoms with Gasteiger partial charge < -0.3 is 5.11 Å². The molecule has 1 N–H and O–H groups in total. The Balaban J connectivity index is 2.84. The summed E-state index contributed by atoms with van der Waals surface area (Å²) in [6.45, 7) is 1.93. The third kappa shape index (κ3) is 2.09. The van der Waals surface area contributed by atoms with E-state index in [-0.39, 0.29) is 4.66 Å². The molecule has 0 amide bonds. The van der Waals surface area contributed by atoms with E-state index in [1.54, 1.807) is 6.92 Å². The van der Waals surface area contributed by atoms with Gasteiger partial charge in [-0.3, -0.25) is 4.79 Å². The molecule has 14 heavy (non-hydrogen) atoms. The van der Waals surface area contributed by atoms with E-state index in [9.17, 15) is 13.2 Å². The largest absolute Gasteiger partial charge is 0.481 e. The van der Waals surface area contributed by atoms with Crippen molar-refractivity contribution in [2.45, 2.75) is 19.4 Å². The number of alkyl halides is 1. The Labute approximate surface area is 91.3 Å². The number of aliphatic carboxylic acids is 1. The highest BCUT2D eigenvalue weighted by Crippen LogP contribution is 2.27. The molecule has 1 aliphatic rings. The van der Waals surface area contributed by atoms with Crippen LogP contribution in [0.1, 0.15) is 13.3 Å². The van der Waals surface area contributed by atoms with E-state index in [1.165, 1.54) is 4.31 Å². The van der Waals surface area contributed by atoms with Crippen molar-refractivity contribution in [3.8, 4) is 0 Å². The van der Waals surface area contributed by atoms with Gasteiger partial charge in [-0.05, 0) is 13.3 Å². The van der Waals surface area contributed by atoms with E-state index in [0.717, 1.165) is 0 Å². The molecule has 2 atom stereocenters. The fraction of sp³-hybridized carbons (Fsp3) is 0.857. The molecule has 2 unspecified atom stereocenters. The van der Waals surface area contributed by atoms with Crippen molar-refractivity contribution in [2.75, 3.05) is 11.2 Å². The molecule has 1 saturated heterocycles. The predicted molar refractivity (Wildman–Crippen MR) is 54.6 cm³/mol. The van der Waals surface area contributed by atoms with Gasteiger partial charge in [0.2, 0.25) is 10.0 Å². The highest BCUT2D eigenvalue weighted by molar-refractivity contribution is 9.10. The van der Waals surface area contributed by atoms with E-state index in [4.69, 9.17) is 5.11 Å². The first-order chi connectivity index (χ1) is 6.40. The lowest BCUT2D eigenvalue weighted by molar-refractivity contribution is -0.142. The zero-order valence-corrected chi connectivity index (χ0v) is 10.1. The number of sulfonamides is 1. The molecule has 1 rings (SSSR count). The van der Waals surface area contributed by atoms with Crippen molar-refractivity contribution >= 4 is 31.9 Å². The van der Waals surface area contributed by atoms with Crippen molar-refractivity contribution in [3.63, 3.8) is 0 Å². The molecule has 0 saturated carbocycles. The van der Waals surface area contributed by atoms with Crippen molar-refractivity contribution in [1.29, 1.82) is 0 Å². The summed E-state index contributed by atoms with van der Waals surface area (Å²) in [7, 11) is -3.33. The first-order valence-electron chi connectivity index (χ1n) is 4.18. The van der Waals surface area contributed by atoms with Gasteiger partial charge in [0.25, 0.3) is 0 Å². The van der Waals surface area contributed by atoms with Crippen LogP contribution in [0.4, 0.5) is 0 Å². The van der Waals surface area contributed by atoms with Gasteiger partial charge in [-0.1, -0.05) is 15.9 Å². The third-order valence-electron chi connectivity index (χ3n) is 2.51. The lowest BCUT2D eigenvalue weighted by Crippen LogP contribution is -2.38. The van der Waals surface area contributed by atoms with Crippen molar-refractivity contribution < 1.29 is 18.3 Å².